The molecule has 0 amide bonds. The lowest BCUT2D eigenvalue weighted by Crippen LogP contribution is -2.29. The first-order chi connectivity index (χ1) is 11.3. The molecule has 0 unspecified atom stereocenters. The van der Waals surface area contributed by atoms with Crippen LogP contribution in [0.1, 0.15) is 27.7 Å². The van der Waals surface area contributed by atoms with E-state index in [2.05, 4.69) is 6.07 Å². The molecule has 2 N–H and O–H groups in total. The maximum absolute atomic E-state index is 9.07. The van der Waals surface area contributed by atoms with Crippen molar-refractivity contribution in [2.75, 3.05) is 38.3 Å². The van der Waals surface area contributed by atoms with E-state index in [9.17, 15) is 0 Å². The summed E-state index contributed by atoms with van der Waals surface area (Å²) in [7, 11) is 1.65. The largest absolute Gasteiger partial charge is 0.497 e. The van der Waals surface area contributed by atoms with Crippen LogP contribution in [-0.2, 0) is 0 Å². The minimum Gasteiger partial charge on any atom is -0.497 e. The van der Waals surface area contributed by atoms with Crippen LogP contribution < -0.4 is 9.64 Å². The third kappa shape index (κ3) is 6.47. The molecule has 0 saturated carbocycles. The quantitative estimate of drug-likeness (QED) is 0.852. The van der Waals surface area contributed by atoms with Gasteiger partial charge in [-0.05, 0) is 35.0 Å². The molecule has 2 rings (SSSR count). The second-order valence-corrected chi connectivity index (χ2v) is 4.33. The van der Waals surface area contributed by atoms with Gasteiger partial charge in [0, 0.05) is 18.8 Å². The minimum absolute atomic E-state index is 0.0701. The van der Waals surface area contributed by atoms with Crippen LogP contribution in [0.4, 0.5) is 5.69 Å². The molecule has 4 heteroatoms. The fourth-order valence-corrected chi connectivity index (χ4v) is 2.15. The monoisotopic (exact) mass is 321 g/mol. The minimum atomic E-state index is 0.0701. The molecule has 2 aromatic carbocycles. The van der Waals surface area contributed by atoms with Gasteiger partial charge in [-0.15, -0.1) is 0 Å². The van der Waals surface area contributed by atoms with Gasteiger partial charge in [0.1, 0.15) is 5.75 Å². The van der Waals surface area contributed by atoms with Crippen molar-refractivity contribution in [3.8, 4) is 5.75 Å². The summed E-state index contributed by atoms with van der Waals surface area (Å²) in [6.07, 6.45) is 0. The van der Waals surface area contributed by atoms with E-state index in [4.69, 9.17) is 14.9 Å². The van der Waals surface area contributed by atoms with Gasteiger partial charge in [-0.2, -0.15) is 0 Å². The highest BCUT2D eigenvalue weighted by molar-refractivity contribution is 5.87. The van der Waals surface area contributed by atoms with E-state index < -0.39 is 0 Å². The van der Waals surface area contributed by atoms with Crippen LogP contribution in [0, 0.1) is 0 Å². The van der Waals surface area contributed by atoms with Crippen molar-refractivity contribution in [1.29, 1.82) is 0 Å². The highest BCUT2D eigenvalue weighted by Crippen LogP contribution is 2.25. The van der Waals surface area contributed by atoms with Crippen LogP contribution in [0.15, 0.2) is 36.4 Å². The van der Waals surface area contributed by atoms with Crippen molar-refractivity contribution in [2.24, 2.45) is 0 Å². The zero-order valence-corrected chi connectivity index (χ0v) is 15.0. The van der Waals surface area contributed by atoms with Gasteiger partial charge >= 0.3 is 0 Å². The first-order valence-corrected chi connectivity index (χ1v) is 8.33. The van der Waals surface area contributed by atoms with E-state index in [0.717, 1.165) is 22.2 Å². The molecular weight excluding hydrogens is 290 g/mol. The number of hydrogen-bond acceptors (Lipinski definition) is 4. The van der Waals surface area contributed by atoms with Gasteiger partial charge < -0.3 is 19.8 Å². The average Bonchev–Trinajstić information content (AvgIpc) is 2.64. The zero-order valence-electron chi connectivity index (χ0n) is 15.0. The normalized spacial score (nSPS) is 9.35. The standard InChI is InChI=1S/C15H19NO3.2C2H6/c1-19-15-5-3-12-10-14(4-2-13(12)11-15)16(6-8-17)7-9-18;2*1-2/h2-5,10-11,17-18H,6-9H2,1H3;2*1-2H3. The molecular formula is C19H31NO3. The number of anilines is 1. The number of nitrogens with zero attached hydrogens (tertiary/aromatic N) is 1. The fourth-order valence-electron chi connectivity index (χ4n) is 2.15. The zero-order chi connectivity index (χ0) is 17.7. The topological polar surface area (TPSA) is 52.9 Å². The third-order valence-corrected chi connectivity index (χ3v) is 3.14. The molecule has 130 valence electrons. The summed E-state index contributed by atoms with van der Waals surface area (Å²) in [6.45, 7) is 9.17. The van der Waals surface area contributed by atoms with Crippen molar-refractivity contribution < 1.29 is 14.9 Å². The Morgan fingerprint density at radius 3 is 1.87 bits per heavy atom. The molecule has 0 saturated heterocycles. The predicted molar refractivity (Wildman–Crippen MR) is 99.6 cm³/mol. The Bertz CT molecular complexity index is 537. The Morgan fingerprint density at radius 2 is 1.35 bits per heavy atom. The summed E-state index contributed by atoms with van der Waals surface area (Å²) >= 11 is 0. The summed E-state index contributed by atoms with van der Waals surface area (Å²) < 4.78 is 5.20. The lowest BCUT2D eigenvalue weighted by molar-refractivity contribution is 0.281. The number of fused-ring (bicyclic) bond motifs is 1. The Balaban J connectivity index is 0.00000112. The molecule has 0 spiro atoms. The van der Waals surface area contributed by atoms with Gasteiger partial charge in [-0.3, -0.25) is 0 Å². The molecule has 0 aromatic heterocycles. The molecule has 0 aliphatic rings. The second kappa shape index (κ2) is 12.7. The SMILES string of the molecule is CC.CC.COc1ccc2cc(N(CCO)CCO)ccc2c1. The number of aliphatic hydroxyl groups is 2. The Labute approximate surface area is 140 Å². The van der Waals surface area contributed by atoms with Gasteiger partial charge in [-0.1, -0.05) is 39.8 Å². The van der Waals surface area contributed by atoms with Crippen molar-refractivity contribution in [1.82, 2.24) is 0 Å². The van der Waals surface area contributed by atoms with Gasteiger partial charge in [0.25, 0.3) is 0 Å². The van der Waals surface area contributed by atoms with Crippen molar-refractivity contribution >= 4 is 16.5 Å². The van der Waals surface area contributed by atoms with E-state index in [-0.39, 0.29) is 13.2 Å². The highest BCUT2D eigenvalue weighted by Gasteiger charge is 2.06. The van der Waals surface area contributed by atoms with Crippen LogP contribution in [0.3, 0.4) is 0 Å². The molecule has 2 aromatic rings. The fraction of sp³-hybridized carbons (Fsp3) is 0.474. The van der Waals surface area contributed by atoms with E-state index in [0.29, 0.717) is 13.1 Å². The number of rotatable bonds is 6. The average molecular weight is 321 g/mol. The van der Waals surface area contributed by atoms with Crippen LogP contribution in [0.2, 0.25) is 0 Å². The Hall–Kier alpha value is -1.78. The molecule has 0 heterocycles. The first-order valence-electron chi connectivity index (χ1n) is 8.33. The smallest absolute Gasteiger partial charge is 0.119 e. The van der Waals surface area contributed by atoms with Crippen LogP contribution in [-0.4, -0.2) is 43.6 Å². The summed E-state index contributed by atoms with van der Waals surface area (Å²) in [6, 6.07) is 12.0. The summed E-state index contributed by atoms with van der Waals surface area (Å²) in [5, 5.41) is 20.4. The predicted octanol–water partition coefficient (Wildman–Crippen LogP) is 3.69. The molecule has 23 heavy (non-hydrogen) atoms. The molecule has 0 radical (unpaired) electrons. The number of ether oxygens (including phenoxy) is 1. The third-order valence-electron chi connectivity index (χ3n) is 3.14. The summed E-state index contributed by atoms with van der Waals surface area (Å²) in [5.74, 6) is 0.836. The molecule has 0 aliphatic heterocycles. The lowest BCUT2D eigenvalue weighted by atomic mass is 10.1. The summed E-state index contributed by atoms with van der Waals surface area (Å²) in [4.78, 5) is 1.96. The van der Waals surface area contributed by atoms with E-state index in [1.165, 1.54) is 0 Å². The van der Waals surface area contributed by atoms with Gasteiger partial charge in [0.15, 0.2) is 0 Å². The Morgan fingerprint density at radius 1 is 0.826 bits per heavy atom. The van der Waals surface area contributed by atoms with Crippen molar-refractivity contribution in [3.63, 3.8) is 0 Å². The lowest BCUT2D eigenvalue weighted by Gasteiger charge is -2.23. The molecule has 0 aliphatic carbocycles. The first kappa shape index (κ1) is 21.2. The van der Waals surface area contributed by atoms with Crippen molar-refractivity contribution in [2.45, 2.75) is 27.7 Å². The van der Waals surface area contributed by atoms with Gasteiger partial charge in [0.2, 0.25) is 0 Å². The van der Waals surface area contributed by atoms with Crippen LogP contribution in [0.25, 0.3) is 10.8 Å². The number of aliphatic hydroxyl groups excluding tert-OH is 2. The van der Waals surface area contributed by atoms with E-state index in [1.807, 2.05) is 62.9 Å². The van der Waals surface area contributed by atoms with E-state index in [1.54, 1.807) is 7.11 Å². The molecule has 0 fully saturated rings. The second-order valence-electron chi connectivity index (χ2n) is 4.33. The number of methoxy groups -OCH3 is 1. The van der Waals surface area contributed by atoms with Crippen LogP contribution >= 0.6 is 0 Å². The number of benzene rings is 2. The molecule has 0 atom stereocenters. The van der Waals surface area contributed by atoms with Crippen LogP contribution in [0.5, 0.6) is 5.75 Å². The number of hydrogen-bond donors (Lipinski definition) is 2. The Kier molecular flexibility index (Phi) is 11.7. The highest BCUT2D eigenvalue weighted by atomic mass is 16.5. The maximum Gasteiger partial charge on any atom is 0.119 e. The maximum atomic E-state index is 9.07. The van der Waals surface area contributed by atoms with Crippen molar-refractivity contribution in [3.05, 3.63) is 36.4 Å². The molecule has 0 bridgehead atoms. The summed E-state index contributed by atoms with van der Waals surface area (Å²) in [5.41, 5.74) is 1.00. The van der Waals surface area contributed by atoms with Gasteiger partial charge in [-0.25, -0.2) is 0 Å². The van der Waals surface area contributed by atoms with E-state index >= 15 is 0 Å². The molecule has 4 nitrogen and oxygen atoms in total. The van der Waals surface area contributed by atoms with Gasteiger partial charge in [0.05, 0.1) is 20.3 Å².